The molecule has 0 aliphatic carbocycles. The first-order valence-electron chi connectivity index (χ1n) is 12.9. The summed E-state index contributed by atoms with van der Waals surface area (Å²) in [6.07, 6.45) is 5.05. The van der Waals surface area contributed by atoms with Gasteiger partial charge in [-0.3, -0.25) is 18.9 Å². The molecule has 0 bridgehead atoms. The molecule has 2 aliphatic heterocycles. The van der Waals surface area contributed by atoms with Gasteiger partial charge in [-0.1, -0.05) is 17.7 Å². The molecule has 0 radical (unpaired) electrons. The van der Waals surface area contributed by atoms with Gasteiger partial charge in [-0.2, -0.15) is 0 Å². The quantitative estimate of drug-likeness (QED) is 0.337. The highest BCUT2D eigenvalue weighted by Gasteiger charge is 2.45. The van der Waals surface area contributed by atoms with E-state index >= 15 is 0 Å². The van der Waals surface area contributed by atoms with Crippen molar-refractivity contribution in [2.45, 2.75) is 51.7 Å². The van der Waals surface area contributed by atoms with Gasteiger partial charge >= 0.3 is 11.7 Å². The SMILES string of the molecule is CCOC(=O)c1cn2c(cc1=O)-c1cc(Cl)c(OCCn3nc4ccccn4c3=O)cc1[C@H]1CCC(C)(C)N12. The monoisotopic (exact) mass is 549 g/mol. The van der Waals surface area contributed by atoms with Crippen molar-refractivity contribution in [1.29, 1.82) is 0 Å². The van der Waals surface area contributed by atoms with Crippen LogP contribution < -0.4 is 20.9 Å². The maximum Gasteiger partial charge on any atom is 0.350 e. The normalized spacial score (nSPS) is 17.0. The molecule has 1 fully saturated rings. The molecule has 39 heavy (non-hydrogen) atoms. The highest BCUT2D eigenvalue weighted by Crippen LogP contribution is 2.49. The number of benzene rings is 1. The molecular weight excluding hydrogens is 522 g/mol. The van der Waals surface area contributed by atoms with E-state index in [1.807, 2.05) is 16.8 Å². The Morgan fingerprint density at radius 3 is 2.79 bits per heavy atom. The van der Waals surface area contributed by atoms with Gasteiger partial charge in [-0.15, -0.1) is 5.10 Å². The van der Waals surface area contributed by atoms with Crippen LogP contribution in [0.3, 0.4) is 0 Å². The molecule has 2 aliphatic rings. The number of ether oxygens (including phenoxy) is 2. The van der Waals surface area contributed by atoms with Gasteiger partial charge in [0.25, 0.3) is 0 Å². The van der Waals surface area contributed by atoms with E-state index in [4.69, 9.17) is 21.1 Å². The second-order valence-electron chi connectivity index (χ2n) is 10.4. The molecule has 5 heterocycles. The number of rotatable bonds is 6. The Kier molecular flexibility index (Phi) is 6.02. The van der Waals surface area contributed by atoms with E-state index in [-0.39, 0.29) is 42.6 Å². The predicted octanol–water partition coefficient (Wildman–Crippen LogP) is 3.80. The van der Waals surface area contributed by atoms with Crippen LogP contribution >= 0.6 is 11.6 Å². The Hall–Kier alpha value is -4.05. The molecule has 0 spiro atoms. The molecule has 0 amide bonds. The third-order valence-corrected chi connectivity index (χ3v) is 7.79. The molecule has 10 nitrogen and oxygen atoms in total. The largest absolute Gasteiger partial charge is 0.490 e. The molecule has 0 N–H and O–H groups in total. The number of hydrogen-bond donors (Lipinski definition) is 0. The van der Waals surface area contributed by atoms with E-state index in [1.165, 1.54) is 15.1 Å². The standard InChI is InChI=1S/C28H28ClN5O5/c1-4-38-26(36)19-16-33-22(15-23(19)35)17-13-20(29)24(14-18(17)21-8-9-28(2,3)34(21)33)39-12-11-32-27(37)31-10-6-5-7-25(31)30-32/h5-7,10,13-16,21H,4,8-9,11-12H2,1-3H3/t21-/m1/s1. The lowest BCUT2D eigenvalue weighted by molar-refractivity contribution is 0.0523. The Labute approximate surface area is 228 Å². The number of nitrogens with zero attached hydrogens (tertiary/aromatic N) is 5. The first kappa shape index (κ1) is 25.2. The Bertz CT molecular complexity index is 1740. The number of fused-ring (bicyclic) bond motifs is 7. The Morgan fingerprint density at radius 1 is 1.21 bits per heavy atom. The number of pyridine rings is 2. The molecule has 6 rings (SSSR count). The molecule has 3 aromatic heterocycles. The number of halogens is 1. The zero-order valence-corrected chi connectivity index (χ0v) is 22.6. The van der Waals surface area contributed by atoms with Gasteiger partial charge in [0.15, 0.2) is 11.1 Å². The average molecular weight is 550 g/mol. The predicted molar refractivity (Wildman–Crippen MR) is 146 cm³/mol. The molecule has 1 saturated heterocycles. The van der Waals surface area contributed by atoms with Crippen molar-refractivity contribution in [2.24, 2.45) is 0 Å². The summed E-state index contributed by atoms with van der Waals surface area (Å²) in [5.74, 6) is -0.139. The van der Waals surface area contributed by atoms with Crippen LogP contribution in [0.5, 0.6) is 5.75 Å². The van der Waals surface area contributed by atoms with Crippen LogP contribution in [0.2, 0.25) is 5.02 Å². The van der Waals surface area contributed by atoms with Crippen molar-refractivity contribution in [3.05, 3.63) is 85.6 Å². The Balaban J connectivity index is 1.36. The lowest BCUT2D eigenvalue weighted by atomic mass is 9.94. The van der Waals surface area contributed by atoms with Crippen molar-refractivity contribution < 1.29 is 14.3 Å². The van der Waals surface area contributed by atoms with Crippen LogP contribution in [0.15, 0.2) is 58.4 Å². The molecule has 1 aromatic carbocycles. The third-order valence-electron chi connectivity index (χ3n) is 7.49. The lowest BCUT2D eigenvalue weighted by Gasteiger charge is -2.44. The summed E-state index contributed by atoms with van der Waals surface area (Å²) < 4.78 is 15.9. The van der Waals surface area contributed by atoms with E-state index in [0.717, 1.165) is 24.0 Å². The van der Waals surface area contributed by atoms with Crippen LogP contribution in [0.1, 0.15) is 55.6 Å². The van der Waals surface area contributed by atoms with Gasteiger partial charge in [-0.05, 0) is 63.4 Å². The van der Waals surface area contributed by atoms with Crippen LogP contribution in [0.25, 0.3) is 16.9 Å². The van der Waals surface area contributed by atoms with Gasteiger partial charge in [0.05, 0.1) is 35.4 Å². The maximum atomic E-state index is 13.0. The topological polar surface area (TPSA) is 100 Å². The van der Waals surface area contributed by atoms with Crippen LogP contribution in [-0.2, 0) is 11.3 Å². The van der Waals surface area contributed by atoms with Gasteiger partial charge in [0.2, 0.25) is 0 Å². The van der Waals surface area contributed by atoms with Crippen LogP contribution in [0.4, 0.5) is 0 Å². The fourth-order valence-corrected chi connectivity index (χ4v) is 5.89. The molecular formula is C28H28ClN5O5. The smallest absolute Gasteiger partial charge is 0.350 e. The van der Waals surface area contributed by atoms with Crippen LogP contribution in [-0.4, -0.2) is 43.6 Å². The van der Waals surface area contributed by atoms with Crippen molar-refractivity contribution in [3.8, 4) is 17.0 Å². The van der Waals surface area contributed by atoms with E-state index in [1.54, 1.807) is 37.5 Å². The van der Waals surface area contributed by atoms with E-state index in [9.17, 15) is 14.4 Å². The minimum absolute atomic E-state index is 0.00117. The number of carbonyl (C=O) groups is 1. The fraction of sp³-hybridized carbons (Fsp3) is 0.357. The highest BCUT2D eigenvalue weighted by atomic mass is 35.5. The summed E-state index contributed by atoms with van der Waals surface area (Å²) in [5, 5.41) is 6.94. The van der Waals surface area contributed by atoms with Gasteiger partial charge in [0, 0.05) is 24.0 Å². The summed E-state index contributed by atoms with van der Waals surface area (Å²) in [6, 6.07) is 10.6. The summed E-state index contributed by atoms with van der Waals surface area (Å²) in [6.45, 7) is 6.63. The first-order valence-corrected chi connectivity index (χ1v) is 13.3. The molecule has 0 saturated carbocycles. The molecule has 1 atom stereocenters. The van der Waals surface area contributed by atoms with Crippen molar-refractivity contribution >= 4 is 23.2 Å². The van der Waals surface area contributed by atoms with E-state index in [2.05, 4.69) is 24.0 Å². The maximum absolute atomic E-state index is 13.0. The summed E-state index contributed by atoms with van der Waals surface area (Å²) in [4.78, 5) is 38.1. The van der Waals surface area contributed by atoms with Gasteiger partial charge in [-0.25, -0.2) is 14.3 Å². The van der Waals surface area contributed by atoms with Gasteiger partial charge in [0.1, 0.15) is 17.9 Å². The number of hydrogen-bond acceptors (Lipinski definition) is 7. The van der Waals surface area contributed by atoms with Crippen molar-refractivity contribution in [3.63, 3.8) is 0 Å². The van der Waals surface area contributed by atoms with Crippen molar-refractivity contribution in [1.82, 2.24) is 18.9 Å². The third kappa shape index (κ3) is 4.10. The molecule has 0 unspecified atom stereocenters. The average Bonchev–Trinajstić information content (AvgIpc) is 3.40. The Morgan fingerprint density at radius 2 is 2.03 bits per heavy atom. The second-order valence-corrected chi connectivity index (χ2v) is 10.8. The highest BCUT2D eigenvalue weighted by molar-refractivity contribution is 6.32. The van der Waals surface area contributed by atoms with Crippen LogP contribution in [0, 0.1) is 0 Å². The lowest BCUT2D eigenvalue weighted by Crippen LogP contribution is -2.50. The second kappa shape index (κ2) is 9.30. The minimum Gasteiger partial charge on any atom is -0.490 e. The van der Waals surface area contributed by atoms with E-state index < -0.39 is 11.4 Å². The molecule has 11 heteroatoms. The zero-order chi connectivity index (χ0) is 27.5. The molecule has 4 aromatic rings. The summed E-state index contributed by atoms with van der Waals surface area (Å²) in [7, 11) is 0. The fourth-order valence-electron chi connectivity index (χ4n) is 5.68. The first-order chi connectivity index (χ1) is 18.7. The van der Waals surface area contributed by atoms with Gasteiger partial charge < -0.3 is 9.47 Å². The zero-order valence-electron chi connectivity index (χ0n) is 21.9. The summed E-state index contributed by atoms with van der Waals surface area (Å²) in [5.41, 5.74) is 2.15. The van der Waals surface area contributed by atoms with E-state index in [0.29, 0.717) is 22.1 Å². The number of aromatic nitrogens is 4. The summed E-state index contributed by atoms with van der Waals surface area (Å²) >= 11 is 6.68. The number of carbonyl (C=O) groups excluding carboxylic acids is 1. The number of esters is 1. The van der Waals surface area contributed by atoms with Crippen molar-refractivity contribution in [2.75, 3.05) is 18.2 Å². The minimum atomic E-state index is -0.636. The molecule has 202 valence electrons.